The number of hydrogen-bond donors (Lipinski definition) is 0. The Bertz CT molecular complexity index is 298. The van der Waals surface area contributed by atoms with Crippen LogP contribution in [0.4, 0.5) is 0 Å². The Balaban J connectivity index is 4.04. The van der Waals surface area contributed by atoms with Crippen LogP contribution in [0.15, 0.2) is 0 Å². The summed E-state index contributed by atoms with van der Waals surface area (Å²) in [6, 6.07) is 0. The minimum absolute atomic E-state index is 0.633. The van der Waals surface area contributed by atoms with Gasteiger partial charge < -0.3 is 0 Å². The van der Waals surface area contributed by atoms with Crippen LogP contribution in [0.1, 0.15) is 195 Å². The van der Waals surface area contributed by atoms with Crippen LogP contribution >= 0.6 is 0 Å². The SMILES string of the molecule is CCCCCCCCCCC(C)(CCCCCCCCC)CCCCCCCCCC. The lowest BCUT2D eigenvalue weighted by atomic mass is 9.75. The summed E-state index contributed by atoms with van der Waals surface area (Å²) >= 11 is 0. The molecule has 0 bridgehead atoms. The third kappa shape index (κ3) is 23.0. The summed E-state index contributed by atoms with van der Waals surface area (Å²) in [5.74, 6) is 0. The molecule has 0 nitrogen and oxygen atoms in total. The molecule has 0 saturated carbocycles. The molecule has 0 aliphatic heterocycles. The molecule has 0 aliphatic carbocycles. The van der Waals surface area contributed by atoms with E-state index in [4.69, 9.17) is 0 Å². The maximum atomic E-state index is 2.65. The summed E-state index contributed by atoms with van der Waals surface area (Å²) in [6.07, 6.45) is 38.0. The zero-order chi connectivity index (χ0) is 22.9. The van der Waals surface area contributed by atoms with Gasteiger partial charge in [-0.05, 0) is 24.7 Å². The zero-order valence-corrected chi connectivity index (χ0v) is 22.9. The molecule has 0 spiro atoms. The van der Waals surface area contributed by atoms with Gasteiger partial charge in [-0.2, -0.15) is 0 Å². The first kappa shape index (κ1) is 31.0. The van der Waals surface area contributed by atoms with E-state index in [9.17, 15) is 0 Å². The molecular formula is C31H64. The first-order valence-corrected chi connectivity index (χ1v) is 15.2. The molecule has 0 atom stereocenters. The molecule has 0 unspecified atom stereocenters. The quantitative estimate of drug-likeness (QED) is 0.118. The average Bonchev–Trinajstić information content (AvgIpc) is 2.77. The van der Waals surface area contributed by atoms with Crippen molar-refractivity contribution in [2.45, 2.75) is 195 Å². The Hall–Kier alpha value is 0. The fraction of sp³-hybridized carbons (Fsp3) is 1.00. The van der Waals surface area contributed by atoms with Gasteiger partial charge in [-0.3, -0.25) is 0 Å². The van der Waals surface area contributed by atoms with Gasteiger partial charge in [-0.15, -0.1) is 0 Å². The van der Waals surface area contributed by atoms with Crippen molar-refractivity contribution in [2.24, 2.45) is 5.41 Å². The van der Waals surface area contributed by atoms with Crippen LogP contribution in [0.25, 0.3) is 0 Å². The highest BCUT2D eigenvalue weighted by atomic mass is 14.3. The molecule has 0 rings (SSSR count). The van der Waals surface area contributed by atoms with Gasteiger partial charge in [0.25, 0.3) is 0 Å². The van der Waals surface area contributed by atoms with Crippen molar-refractivity contribution in [3.63, 3.8) is 0 Å². The van der Waals surface area contributed by atoms with Crippen LogP contribution in [0.2, 0.25) is 0 Å². The number of unbranched alkanes of at least 4 members (excludes halogenated alkanes) is 20. The molecule has 188 valence electrons. The third-order valence-corrected chi connectivity index (χ3v) is 7.65. The molecule has 0 radical (unpaired) electrons. The van der Waals surface area contributed by atoms with Crippen molar-refractivity contribution in [3.05, 3.63) is 0 Å². The summed E-state index contributed by atoms with van der Waals surface area (Å²) in [5, 5.41) is 0. The summed E-state index contributed by atoms with van der Waals surface area (Å²) < 4.78 is 0. The van der Waals surface area contributed by atoms with Crippen molar-refractivity contribution < 1.29 is 0 Å². The molecule has 0 aromatic rings. The van der Waals surface area contributed by atoms with E-state index in [1.807, 2.05) is 0 Å². The largest absolute Gasteiger partial charge is 0.0654 e. The highest BCUT2D eigenvalue weighted by Gasteiger charge is 2.22. The smallest absolute Gasteiger partial charge is 0.0326 e. The molecule has 0 heteroatoms. The summed E-state index contributed by atoms with van der Waals surface area (Å²) in [4.78, 5) is 0. The van der Waals surface area contributed by atoms with E-state index >= 15 is 0 Å². The van der Waals surface area contributed by atoms with E-state index in [2.05, 4.69) is 27.7 Å². The van der Waals surface area contributed by atoms with Gasteiger partial charge >= 0.3 is 0 Å². The van der Waals surface area contributed by atoms with Crippen LogP contribution in [0, 0.1) is 5.41 Å². The molecule has 0 aromatic carbocycles. The third-order valence-electron chi connectivity index (χ3n) is 7.65. The number of hydrogen-bond acceptors (Lipinski definition) is 0. The second-order valence-corrected chi connectivity index (χ2v) is 11.1. The van der Waals surface area contributed by atoms with E-state index in [1.54, 1.807) is 0 Å². The van der Waals surface area contributed by atoms with Crippen LogP contribution in [0.3, 0.4) is 0 Å². The predicted octanol–water partition coefficient (Wildman–Crippen LogP) is 12.2. The van der Waals surface area contributed by atoms with E-state index < -0.39 is 0 Å². The minimum atomic E-state index is 0.633. The van der Waals surface area contributed by atoms with Crippen molar-refractivity contribution in [3.8, 4) is 0 Å². The lowest BCUT2D eigenvalue weighted by Crippen LogP contribution is -2.16. The molecule has 31 heavy (non-hydrogen) atoms. The van der Waals surface area contributed by atoms with Gasteiger partial charge in [0.1, 0.15) is 0 Å². The van der Waals surface area contributed by atoms with Crippen molar-refractivity contribution in [1.29, 1.82) is 0 Å². The second-order valence-electron chi connectivity index (χ2n) is 11.1. The van der Waals surface area contributed by atoms with Crippen LogP contribution in [0.5, 0.6) is 0 Å². The van der Waals surface area contributed by atoms with Crippen LogP contribution < -0.4 is 0 Å². The summed E-state index contributed by atoms with van der Waals surface area (Å²) in [5.41, 5.74) is 0.633. The molecular weight excluding hydrogens is 372 g/mol. The monoisotopic (exact) mass is 437 g/mol. The van der Waals surface area contributed by atoms with E-state index in [1.165, 1.54) is 167 Å². The maximum absolute atomic E-state index is 2.65. The van der Waals surface area contributed by atoms with Crippen molar-refractivity contribution in [1.82, 2.24) is 0 Å². The van der Waals surface area contributed by atoms with Crippen molar-refractivity contribution in [2.75, 3.05) is 0 Å². The van der Waals surface area contributed by atoms with Gasteiger partial charge in [0.15, 0.2) is 0 Å². The van der Waals surface area contributed by atoms with Gasteiger partial charge in [-0.25, -0.2) is 0 Å². The molecule has 0 amide bonds. The average molecular weight is 437 g/mol. The molecule has 0 fully saturated rings. The normalized spacial score (nSPS) is 12.0. The van der Waals surface area contributed by atoms with E-state index in [0.29, 0.717) is 5.41 Å². The molecule has 0 N–H and O–H groups in total. The van der Waals surface area contributed by atoms with Gasteiger partial charge in [0, 0.05) is 0 Å². The first-order chi connectivity index (χ1) is 15.2. The zero-order valence-electron chi connectivity index (χ0n) is 22.9. The molecule has 0 saturated heterocycles. The topological polar surface area (TPSA) is 0 Å². The van der Waals surface area contributed by atoms with Crippen LogP contribution in [-0.2, 0) is 0 Å². The van der Waals surface area contributed by atoms with Crippen LogP contribution in [-0.4, -0.2) is 0 Å². The lowest BCUT2D eigenvalue weighted by molar-refractivity contribution is 0.222. The van der Waals surface area contributed by atoms with Gasteiger partial charge in [0.2, 0.25) is 0 Å². The first-order valence-electron chi connectivity index (χ1n) is 15.2. The predicted molar refractivity (Wildman–Crippen MR) is 145 cm³/mol. The van der Waals surface area contributed by atoms with E-state index in [0.717, 1.165) is 0 Å². The highest BCUT2D eigenvalue weighted by molar-refractivity contribution is 4.75. The summed E-state index contributed by atoms with van der Waals surface area (Å²) in [6.45, 7) is 9.60. The molecule has 0 aliphatic rings. The van der Waals surface area contributed by atoms with Crippen molar-refractivity contribution >= 4 is 0 Å². The highest BCUT2D eigenvalue weighted by Crippen LogP contribution is 2.37. The summed E-state index contributed by atoms with van der Waals surface area (Å²) in [7, 11) is 0. The molecule has 0 aromatic heterocycles. The Morgan fingerprint density at radius 2 is 0.484 bits per heavy atom. The number of rotatable bonds is 26. The maximum Gasteiger partial charge on any atom is -0.0326 e. The van der Waals surface area contributed by atoms with Gasteiger partial charge in [0.05, 0.1) is 0 Å². The fourth-order valence-electron chi connectivity index (χ4n) is 5.26. The molecule has 0 heterocycles. The second kappa shape index (κ2) is 24.6. The van der Waals surface area contributed by atoms with Gasteiger partial charge in [-0.1, -0.05) is 175 Å². The van der Waals surface area contributed by atoms with E-state index in [-0.39, 0.29) is 0 Å². The Labute approximate surface area is 200 Å². The Morgan fingerprint density at radius 1 is 0.290 bits per heavy atom. The Kier molecular flexibility index (Phi) is 24.6. The standard InChI is InChI=1S/C31H64/c1-5-8-11-14-17-20-23-26-29-31(4,28-25-22-19-16-13-10-7-3)30-27-24-21-18-15-12-9-6-2/h5-30H2,1-4H3. The fourth-order valence-corrected chi connectivity index (χ4v) is 5.26. The minimum Gasteiger partial charge on any atom is -0.0654 e. The lowest BCUT2D eigenvalue weighted by Gasteiger charge is -2.30. The Morgan fingerprint density at radius 3 is 0.710 bits per heavy atom.